The molecule has 0 aliphatic heterocycles. The molecule has 0 spiro atoms. The van der Waals surface area contributed by atoms with E-state index in [1.54, 1.807) is 55.5 Å². The smallest absolute Gasteiger partial charge is 0.271 e. The number of carbonyl (C=O) groups excluding carboxylic acids is 2. The highest BCUT2D eigenvalue weighted by atomic mass is 16.3. The van der Waals surface area contributed by atoms with Gasteiger partial charge in [0.2, 0.25) is 5.91 Å². The molecular weight excluding hydrogens is 330 g/mol. The number of hydrogen-bond acceptors (Lipinski definition) is 4. The Morgan fingerprint density at radius 3 is 2.35 bits per heavy atom. The third-order valence-electron chi connectivity index (χ3n) is 3.64. The number of phenols is 1. The summed E-state index contributed by atoms with van der Waals surface area (Å²) in [5.74, 6) is -0.0467. The molecule has 0 saturated heterocycles. The third kappa shape index (κ3) is 5.44. The molecule has 2 amide bonds. The van der Waals surface area contributed by atoms with Crippen LogP contribution in [-0.4, -0.2) is 22.6 Å². The number of nitrogens with zero attached hydrogens (tertiary/aromatic N) is 1. The van der Waals surface area contributed by atoms with Gasteiger partial charge in [0, 0.05) is 23.2 Å². The number of hydrazone groups is 1. The number of hydrogen-bond donors (Lipinski definition) is 3. The molecule has 0 bridgehead atoms. The van der Waals surface area contributed by atoms with Crippen LogP contribution < -0.4 is 10.7 Å². The van der Waals surface area contributed by atoms with Crippen molar-refractivity contribution >= 4 is 23.2 Å². The van der Waals surface area contributed by atoms with Crippen LogP contribution in [0.4, 0.5) is 5.69 Å². The first-order valence-electron chi connectivity index (χ1n) is 8.39. The van der Waals surface area contributed by atoms with Crippen molar-refractivity contribution in [1.82, 2.24) is 5.43 Å². The first kappa shape index (κ1) is 19.2. The van der Waals surface area contributed by atoms with E-state index in [2.05, 4.69) is 15.8 Å². The van der Waals surface area contributed by atoms with Crippen molar-refractivity contribution in [3.05, 3.63) is 59.7 Å². The molecule has 0 aromatic heterocycles. The first-order valence-corrected chi connectivity index (χ1v) is 8.39. The van der Waals surface area contributed by atoms with Gasteiger partial charge in [-0.15, -0.1) is 0 Å². The van der Waals surface area contributed by atoms with Gasteiger partial charge < -0.3 is 10.4 Å². The Bertz CT molecular complexity index is 811. The molecule has 6 heteroatoms. The van der Waals surface area contributed by atoms with E-state index < -0.39 is 0 Å². The zero-order valence-corrected chi connectivity index (χ0v) is 15.1. The number of anilines is 1. The lowest BCUT2D eigenvalue weighted by atomic mass is 10.1. The summed E-state index contributed by atoms with van der Waals surface area (Å²) in [7, 11) is 0. The van der Waals surface area contributed by atoms with Gasteiger partial charge in [-0.25, -0.2) is 5.43 Å². The average Bonchev–Trinajstić information content (AvgIpc) is 2.59. The van der Waals surface area contributed by atoms with Crippen molar-refractivity contribution in [3.63, 3.8) is 0 Å². The number of amides is 2. The number of rotatable bonds is 6. The topological polar surface area (TPSA) is 90.8 Å². The zero-order chi connectivity index (χ0) is 19.1. The minimum atomic E-state index is -0.375. The number of para-hydroxylation sites is 1. The summed E-state index contributed by atoms with van der Waals surface area (Å²) in [6, 6.07) is 13.3. The number of benzene rings is 2. The van der Waals surface area contributed by atoms with Crippen molar-refractivity contribution in [2.75, 3.05) is 5.32 Å². The molecule has 0 saturated carbocycles. The summed E-state index contributed by atoms with van der Waals surface area (Å²) in [5, 5.41) is 16.6. The Morgan fingerprint density at radius 2 is 1.73 bits per heavy atom. The largest absolute Gasteiger partial charge is 0.507 e. The summed E-state index contributed by atoms with van der Waals surface area (Å²) < 4.78 is 0. The molecule has 0 radical (unpaired) electrons. The maximum atomic E-state index is 12.2. The van der Waals surface area contributed by atoms with Crippen LogP contribution in [0.3, 0.4) is 0 Å². The molecule has 0 unspecified atom stereocenters. The average molecular weight is 353 g/mol. The van der Waals surface area contributed by atoms with Crippen molar-refractivity contribution < 1.29 is 14.7 Å². The second kappa shape index (κ2) is 8.80. The monoisotopic (exact) mass is 353 g/mol. The molecule has 0 heterocycles. The van der Waals surface area contributed by atoms with Gasteiger partial charge in [-0.3, -0.25) is 9.59 Å². The van der Waals surface area contributed by atoms with E-state index in [0.29, 0.717) is 28.9 Å². The quantitative estimate of drug-likeness (QED) is 0.548. The second-order valence-corrected chi connectivity index (χ2v) is 6.38. The standard InChI is InChI=1S/C20H23N3O3/c1-13(2)12-19(25)21-16-10-8-15(9-11-16)20(26)23-22-14(3)17-6-4-5-7-18(17)24/h4-11,13,24H,12H2,1-3H3,(H,21,25)(H,23,26). The minimum absolute atomic E-state index is 0.0555. The SMILES string of the molecule is CC(=NNC(=O)c1ccc(NC(=O)CC(C)C)cc1)c1ccccc1O. The zero-order valence-electron chi connectivity index (χ0n) is 15.1. The van der Waals surface area contributed by atoms with Crippen molar-refractivity contribution in [1.29, 1.82) is 0 Å². The van der Waals surface area contributed by atoms with E-state index in [1.807, 2.05) is 13.8 Å². The van der Waals surface area contributed by atoms with Gasteiger partial charge in [0.1, 0.15) is 5.75 Å². The molecule has 2 rings (SSSR count). The molecule has 0 aliphatic carbocycles. The fraction of sp³-hybridized carbons (Fsp3) is 0.250. The molecule has 136 valence electrons. The fourth-order valence-electron chi connectivity index (χ4n) is 2.33. The number of phenolic OH excluding ortho intramolecular Hbond substituents is 1. The summed E-state index contributed by atoms with van der Waals surface area (Å²) in [6.07, 6.45) is 0.447. The summed E-state index contributed by atoms with van der Waals surface area (Å²) >= 11 is 0. The predicted molar refractivity (Wildman–Crippen MR) is 102 cm³/mol. The van der Waals surface area contributed by atoms with Gasteiger partial charge in [0.15, 0.2) is 0 Å². The first-order chi connectivity index (χ1) is 12.4. The van der Waals surface area contributed by atoms with Crippen LogP contribution in [0.25, 0.3) is 0 Å². The van der Waals surface area contributed by atoms with Crippen LogP contribution >= 0.6 is 0 Å². The Balaban J connectivity index is 1.98. The van der Waals surface area contributed by atoms with E-state index in [1.165, 1.54) is 0 Å². The van der Waals surface area contributed by atoms with Crippen LogP contribution in [0, 0.1) is 5.92 Å². The van der Waals surface area contributed by atoms with Crippen molar-refractivity contribution in [2.24, 2.45) is 11.0 Å². The maximum absolute atomic E-state index is 12.2. The van der Waals surface area contributed by atoms with E-state index in [4.69, 9.17) is 0 Å². The molecule has 0 fully saturated rings. The summed E-state index contributed by atoms with van der Waals surface area (Å²) in [6.45, 7) is 5.65. The maximum Gasteiger partial charge on any atom is 0.271 e. The summed E-state index contributed by atoms with van der Waals surface area (Å²) in [5.41, 5.74) is 4.56. The van der Waals surface area contributed by atoms with Crippen LogP contribution in [0.5, 0.6) is 5.75 Å². The van der Waals surface area contributed by atoms with E-state index in [0.717, 1.165) is 0 Å². The van der Waals surface area contributed by atoms with Crippen LogP contribution in [-0.2, 0) is 4.79 Å². The Labute approximate surface area is 152 Å². The van der Waals surface area contributed by atoms with Gasteiger partial charge >= 0.3 is 0 Å². The lowest BCUT2D eigenvalue weighted by Gasteiger charge is -2.08. The number of carbonyl (C=O) groups is 2. The van der Waals surface area contributed by atoms with E-state index in [9.17, 15) is 14.7 Å². The molecule has 0 aliphatic rings. The second-order valence-electron chi connectivity index (χ2n) is 6.38. The van der Waals surface area contributed by atoms with Gasteiger partial charge in [-0.2, -0.15) is 5.10 Å². The van der Waals surface area contributed by atoms with Gasteiger partial charge in [-0.1, -0.05) is 26.0 Å². The third-order valence-corrected chi connectivity index (χ3v) is 3.64. The Kier molecular flexibility index (Phi) is 6.49. The molecule has 26 heavy (non-hydrogen) atoms. The van der Waals surface area contributed by atoms with Crippen molar-refractivity contribution in [2.45, 2.75) is 27.2 Å². The Morgan fingerprint density at radius 1 is 1.08 bits per heavy atom. The number of aromatic hydroxyl groups is 1. The molecule has 3 N–H and O–H groups in total. The van der Waals surface area contributed by atoms with Crippen LogP contribution in [0.15, 0.2) is 53.6 Å². The molecule has 0 atom stereocenters. The Hall–Kier alpha value is -3.15. The van der Waals surface area contributed by atoms with Crippen LogP contribution in [0.1, 0.15) is 43.1 Å². The van der Waals surface area contributed by atoms with Gasteiger partial charge in [0.25, 0.3) is 5.91 Å². The molecule has 2 aromatic carbocycles. The molecule has 2 aromatic rings. The molecular formula is C20H23N3O3. The highest BCUT2D eigenvalue weighted by molar-refractivity contribution is 6.02. The van der Waals surface area contributed by atoms with Gasteiger partial charge in [0.05, 0.1) is 5.71 Å². The highest BCUT2D eigenvalue weighted by Gasteiger charge is 2.08. The number of nitrogens with one attached hydrogen (secondary N) is 2. The fourth-order valence-corrected chi connectivity index (χ4v) is 2.33. The van der Waals surface area contributed by atoms with E-state index in [-0.39, 0.29) is 23.5 Å². The minimum Gasteiger partial charge on any atom is -0.507 e. The lowest BCUT2D eigenvalue weighted by Crippen LogP contribution is -2.19. The summed E-state index contributed by atoms with van der Waals surface area (Å²) in [4.78, 5) is 23.9. The molecule has 6 nitrogen and oxygen atoms in total. The van der Waals surface area contributed by atoms with Crippen molar-refractivity contribution in [3.8, 4) is 5.75 Å². The normalized spacial score (nSPS) is 11.3. The lowest BCUT2D eigenvalue weighted by molar-refractivity contribution is -0.116. The predicted octanol–water partition coefficient (Wildman–Crippen LogP) is 3.53. The highest BCUT2D eigenvalue weighted by Crippen LogP contribution is 2.16. The van der Waals surface area contributed by atoms with E-state index >= 15 is 0 Å². The van der Waals surface area contributed by atoms with Crippen LogP contribution in [0.2, 0.25) is 0 Å². The van der Waals surface area contributed by atoms with Gasteiger partial charge in [-0.05, 0) is 49.2 Å².